The first-order valence-electron chi connectivity index (χ1n) is 11.1. The third kappa shape index (κ3) is 10.1. The predicted octanol–water partition coefficient (Wildman–Crippen LogP) is 1.17. The molecular formula is C25H31N3O9. The first-order valence-corrected chi connectivity index (χ1v) is 11.1. The summed E-state index contributed by atoms with van der Waals surface area (Å²) in [6.45, 7) is 3.22. The quantitative estimate of drug-likeness (QED) is 0.346. The van der Waals surface area contributed by atoms with Crippen molar-refractivity contribution in [3.05, 3.63) is 65.7 Å². The highest BCUT2D eigenvalue weighted by atomic mass is 16.4. The van der Waals surface area contributed by atoms with Crippen molar-refractivity contribution in [1.29, 1.82) is 0 Å². The van der Waals surface area contributed by atoms with E-state index in [2.05, 4.69) is 61.6 Å². The molecule has 0 radical (unpaired) electrons. The molecule has 12 heteroatoms. The van der Waals surface area contributed by atoms with Crippen LogP contribution in [0.5, 0.6) is 0 Å². The molecule has 1 heterocycles. The Bertz CT molecular complexity index is 1040. The zero-order valence-corrected chi connectivity index (χ0v) is 20.7. The van der Waals surface area contributed by atoms with Crippen molar-refractivity contribution in [2.24, 2.45) is 0 Å². The maximum atomic E-state index is 12.8. The Morgan fingerprint density at radius 1 is 0.865 bits per heavy atom. The maximum Gasteiger partial charge on any atom is 0.414 e. The molecule has 0 aliphatic carbocycles. The van der Waals surface area contributed by atoms with Gasteiger partial charge in [0.2, 0.25) is 5.91 Å². The number of aliphatic carboxylic acids is 4. The van der Waals surface area contributed by atoms with Gasteiger partial charge in [-0.1, -0.05) is 48.5 Å². The lowest BCUT2D eigenvalue weighted by Gasteiger charge is -2.27. The van der Waals surface area contributed by atoms with Gasteiger partial charge in [0.25, 0.3) is 0 Å². The van der Waals surface area contributed by atoms with Crippen molar-refractivity contribution in [1.82, 2.24) is 10.2 Å². The second-order valence-electron chi connectivity index (χ2n) is 8.19. The summed E-state index contributed by atoms with van der Waals surface area (Å²) in [5, 5.41) is 32.9. The van der Waals surface area contributed by atoms with E-state index in [0.29, 0.717) is 6.54 Å². The van der Waals surface area contributed by atoms with Crippen LogP contribution in [0.1, 0.15) is 24.1 Å². The molecule has 0 spiro atoms. The Labute approximate surface area is 213 Å². The smallest absolute Gasteiger partial charge is 0.414 e. The average Bonchev–Trinajstić information content (AvgIpc) is 3.18. The second kappa shape index (κ2) is 15.0. The highest BCUT2D eigenvalue weighted by Gasteiger charge is 2.30. The van der Waals surface area contributed by atoms with Crippen LogP contribution < -0.4 is 10.2 Å². The van der Waals surface area contributed by atoms with E-state index in [9.17, 15) is 4.79 Å². The Morgan fingerprint density at radius 3 is 1.84 bits per heavy atom. The van der Waals surface area contributed by atoms with E-state index in [-0.39, 0.29) is 18.0 Å². The zero-order valence-electron chi connectivity index (χ0n) is 20.7. The minimum Gasteiger partial charge on any atom is -0.473 e. The van der Waals surface area contributed by atoms with Gasteiger partial charge in [0.1, 0.15) is 0 Å². The first kappa shape index (κ1) is 30.7. The van der Waals surface area contributed by atoms with Crippen LogP contribution in [0.15, 0.2) is 54.6 Å². The van der Waals surface area contributed by atoms with E-state index in [1.807, 2.05) is 29.2 Å². The van der Waals surface area contributed by atoms with Crippen molar-refractivity contribution < 1.29 is 44.4 Å². The fraction of sp³-hybridized carbons (Fsp3) is 0.320. The summed E-state index contributed by atoms with van der Waals surface area (Å²) < 4.78 is 0. The monoisotopic (exact) mass is 517 g/mol. The first-order chi connectivity index (χ1) is 17.4. The van der Waals surface area contributed by atoms with E-state index in [0.717, 1.165) is 18.7 Å². The Balaban J connectivity index is 0.000000476. The van der Waals surface area contributed by atoms with Crippen molar-refractivity contribution >= 4 is 35.5 Å². The average molecular weight is 518 g/mol. The summed E-state index contributed by atoms with van der Waals surface area (Å²) in [7, 11) is 4.14. The number of amides is 1. The summed E-state index contributed by atoms with van der Waals surface area (Å²) in [6.07, 6.45) is 0.937. The topological polar surface area (TPSA) is 185 Å². The van der Waals surface area contributed by atoms with Crippen molar-refractivity contribution in [2.45, 2.75) is 25.4 Å². The predicted molar refractivity (Wildman–Crippen MR) is 133 cm³/mol. The zero-order chi connectivity index (χ0) is 28.1. The minimum atomic E-state index is -1.82. The van der Waals surface area contributed by atoms with E-state index >= 15 is 0 Å². The lowest BCUT2D eigenvalue weighted by atomic mass is 10.1. The molecule has 37 heavy (non-hydrogen) atoms. The summed E-state index contributed by atoms with van der Waals surface area (Å²) in [5.74, 6) is -7.15. The van der Waals surface area contributed by atoms with Crippen LogP contribution in [0.3, 0.4) is 0 Å². The lowest BCUT2D eigenvalue weighted by Crippen LogP contribution is -2.43. The van der Waals surface area contributed by atoms with Crippen LogP contribution in [0.25, 0.3) is 0 Å². The molecule has 2 unspecified atom stereocenters. The Kier molecular flexibility index (Phi) is 12.4. The lowest BCUT2D eigenvalue weighted by molar-refractivity contribution is -0.159. The van der Waals surface area contributed by atoms with Crippen LogP contribution in [-0.2, 0) is 30.4 Å². The third-order valence-electron chi connectivity index (χ3n) is 5.26. The van der Waals surface area contributed by atoms with Gasteiger partial charge < -0.3 is 35.5 Å². The number of para-hydroxylation sites is 1. The molecule has 3 rings (SSSR count). The molecule has 5 N–H and O–H groups in total. The SMILES string of the molecule is CC1Cc2ccccc2N1C(=O)CNCC(c1ccccc1)N(C)C.O=C(O)C(=O)O.O=C(O)C(=O)O. The van der Waals surface area contributed by atoms with Gasteiger partial charge in [-0.2, -0.15) is 0 Å². The van der Waals surface area contributed by atoms with Crippen molar-refractivity contribution in [2.75, 3.05) is 32.1 Å². The molecule has 0 aromatic heterocycles. The third-order valence-corrected chi connectivity index (χ3v) is 5.26. The van der Waals surface area contributed by atoms with E-state index in [4.69, 9.17) is 39.6 Å². The van der Waals surface area contributed by atoms with Gasteiger partial charge in [0, 0.05) is 24.3 Å². The number of carbonyl (C=O) groups is 5. The number of fused-ring (bicyclic) bond motifs is 1. The van der Waals surface area contributed by atoms with Crippen molar-refractivity contribution in [3.8, 4) is 0 Å². The fourth-order valence-corrected chi connectivity index (χ4v) is 3.62. The molecule has 12 nitrogen and oxygen atoms in total. The van der Waals surface area contributed by atoms with Crippen molar-refractivity contribution in [3.63, 3.8) is 0 Å². The van der Waals surface area contributed by atoms with E-state index in [1.165, 1.54) is 11.1 Å². The van der Waals surface area contributed by atoms with Crippen LogP contribution in [0.2, 0.25) is 0 Å². The standard InChI is InChI=1S/C21H27N3O.2C2H2O4/c1-16-13-18-11-7-8-12-19(18)24(16)21(25)15-22-14-20(23(2)3)17-9-5-4-6-10-17;2*3-1(4)2(5)6/h4-12,16,20,22H,13-15H2,1-3H3;2*(H,3,4)(H,5,6). The summed E-state index contributed by atoms with van der Waals surface area (Å²) in [4.78, 5) is 53.3. The summed E-state index contributed by atoms with van der Waals surface area (Å²) in [6, 6.07) is 19.1. The highest BCUT2D eigenvalue weighted by Crippen LogP contribution is 2.31. The largest absolute Gasteiger partial charge is 0.473 e. The van der Waals surface area contributed by atoms with Crippen LogP contribution in [0.4, 0.5) is 5.69 Å². The molecule has 0 saturated heterocycles. The number of hydrogen-bond acceptors (Lipinski definition) is 7. The van der Waals surface area contributed by atoms with Gasteiger partial charge in [0.05, 0.1) is 6.54 Å². The van der Waals surface area contributed by atoms with Gasteiger partial charge in [-0.15, -0.1) is 0 Å². The molecule has 2 aromatic rings. The van der Waals surface area contributed by atoms with E-state index in [1.54, 1.807) is 0 Å². The number of hydrogen-bond donors (Lipinski definition) is 5. The summed E-state index contributed by atoms with van der Waals surface area (Å²) >= 11 is 0. The second-order valence-corrected chi connectivity index (χ2v) is 8.19. The molecule has 2 aromatic carbocycles. The van der Waals surface area contributed by atoms with E-state index < -0.39 is 23.9 Å². The Morgan fingerprint density at radius 2 is 1.35 bits per heavy atom. The number of anilines is 1. The van der Waals surface area contributed by atoms with Gasteiger partial charge in [-0.05, 0) is 44.6 Å². The molecule has 0 saturated carbocycles. The maximum absolute atomic E-state index is 12.8. The number of carboxylic acid groups (broad SMARTS) is 4. The number of rotatable bonds is 6. The molecule has 200 valence electrons. The van der Waals surface area contributed by atoms with Gasteiger partial charge in [0.15, 0.2) is 0 Å². The molecule has 1 amide bonds. The molecule has 1 aliphatic heterocycles. The molecule has 0 fully saturated rings. The van der Waals surface area contributed by atoms with Crippen LogP contribution in [-0.4, -0.2) is 88.3 Å². The Hall–Kier alpha value is -4.29. The van der Waals surface area contributed by atoms with Gasteiger partial charge in [-0.3, -0.25) is 4.79 Å². The van der Waals surface area contributed by atoms with Gasteiger partial charge in [-0.25, -0.2) is 19.2 Å². The molecule has 2 atom stereocenters. The number of nitrogens with one attached hydrogen (secondary N) is 1. The van der Waals surface area contributed by atoms with Crippen LogP contribution in [0, 0.1) is 0 Å². The highest BCUT2D eigenvalue weighted by molar-refractivity contribution is 6.27. The van der Waals surface area contributed by atoms with Crippen LogP contribution >= 0.6 is 0 Å². The number of carboxylic acids is 4. The molecule has 0 bridgehead atoms. The van der Waals surface area contributed by atoms with Gasteiger partial charge >= 0.3 is 23.9 Å². The molecule has 1 aliphatic rings. The molecular weight excluding hydrogens is 486 g/mol. The number of nitrogens with zero attached hydrogens (tertiary/aromatic N) is 2. The number of benzene rings is 2. The fourth-order valence-electron chi connectivity index (χ4n) is 3.62. The summed E-state index contributed by atoms with van der Waals surface area (Å²) in [5.41, 5.74) is 3.58. The minimum absolute atomic E-state index is 0.142. The number of carbonyl (C=O) groups excluding carboxylic acids is 1. The number of likely N-dealkylation sites (N-methyl/N-ethyl adjacent to an activating group) is 1. The normalized spacial score (nSPS) is 14.3.